The summed E-state index contributed by atoms with van der Waals surface area (Å²) in [6.07, 6.45) is 0.0142. The van der Waals surface area contributed by atoms with Gasteiger partial charge in [0.25, 0.3) is 0 Å². The van der Waals surface area contributed by atoms with Crippen molar-refractivity contribution in [3.63, 3.8) is 0 Å². The zero-order chi connectivity index (χ0) is 15.5. The van der Waals surface area contributed by atoms with Gasteiger partial charge >= 0.3 is 6.09 Å². The van der Waals surface area contributed by atoms with Crippen molar-refractivity contribution in [2.45, 2.75) is 33.0 Å². The first-order valence-electron chi connectivity index (χ1n) is 7.42. The molecule has 118 valence electrons. The van der Waals surface area contributed by atoms with Gasteiger partial charge in [-0.25, -0.2) is 4.79 Å². The Morgan fingerprint density at radius 3 is 2.29 bits per heavy atom. The number of rotatable bonds is 10. The maximum atomic E-state index is 11.3. The molecule has 0 aromatic heterocycles. The van der Waals surface area contributed by atoms with Crippen molar-refractivity contribution in [3.8, 4) is 0 Å². The van der Waals surface area contributed by atoms with Crippen LogP contribution in [0.15, 0.2) is 30.3 Å². The third-order valence-corrected chi connectivity index (χ3v) is 3.12. The predicted octanol–water partition coefficient (Wildman–Crippen LogP) is 3.00. The number of hydrogen-bond acceptors (Lipinski definition) is 3. The van der Waals surface area contributed by atoms with Gasteiger partial charge < -0.3 is 19.5 Å². The average molecular weight is 295 g/mol. The van der Waals surface area contributed by atoms with Gasteiger partial charge in [-0.1, -0.05) is 30.3 Å². The summed E-state index contributed by atoms with van der Waals surface area (Å²) in [6, 6.07) is 9.88. The number of carboxylic acid groups (broad SMARTS) is 1. The van der Waals surface area contributed by atoms with Crippen LogP contribution in [0.4, 0.5) is 4.79 Å². The lowest BCUT2D eigenvalue weighted by Gasteiger charge is -2.23. The fraction of sp³-hybridized carbons (Fsp3) is 0.562. The van der Waals surface area contributed by atoms with Crippen molar-refractivity contribution in [2.24, 2.45) is 0 Å². The van der Waals surface area contributed by atoms with Crippen LogP contribution >= 0.6 is 0 Å². The summed E-state index contributed by atoms with van der Waals surface area (Å²) >= 11 is 0. The monoisotopic (exact) mass is 295 g/mol. The number of carbonyl (C=O) groups is 1. The normalized spacial score (nSPS) is 10.8. The van der Waals surface area contributed by atoms with Gasteiger partial charge in [-0.2, -0.15) is 0 Å². The Bertz CT molecular complexity index is 391. The van der Waals surface area contributed by atoms with Gasteiger partial charge in [0.15, 0.2) is 6.29 Å². The van der Waals surface area contributed by atoms with Gasteiger partial charge in [0.2, 0.25) is 0 Å². The summed E-state index contributed by atoms with van der Waals surface area (Å²) in [5, 5.41) is 9.27. The maximum absolute atomic E-state index is 11.3. The van der Waals surface area contributed by atoms with E-state index in [9.17, 15) is 9.90 Å². The fourth-order valence-corrected chi connectivity index (χ4v) is 2.06. The second-order valence-corrected chi connectivity index (χ2v) is 4.63. The summed E-state index contributed by atoms with van der Waals surface area (Å²) in [5.74, 6) is 0. The molecule has 0 fully saturated rings. The van der Waals surface area contributed by atoms with E-state index in [0.29, 0.717) is 39.1 Å². The number of amides is 1. The van der Waals surface area contributed by atoms with E-state index in [-0.39, 0.29) is 6.29 Å². The highest BCUT2D eigenvalue weighted by Gasteiger charge is 2.15. The molecular formula is C16H25NO4. The van der Waals surface area contributed by atoms with Crippen LogP contribution in [0, 0.1) is 0 Å². The van der Waals surface area contributed by atoms with Crippen LogP contribution in [0.2, 0.25) is 0 Å². The van der Waals surface area contributed by atoms with Crippen molar-refractivity contribution >= 4 is 6.09 Å². The van der Waals surface area contributed by atoms with Crippen LogP contribution in [0.3, 0.4) is 0 Å². The first-order chi connectivity index (χ1) is 10.2. The van der Waals surface area contributed by atoms with Gasteiger partial charge in [-0.05, 0) is 25.8 Å². The molecular weight excluding hydrogens is 270 g/mol. The van der Waals surface area contributed by atoms with E-state index in [0.717, 1.165) is 5.56 Å². The van der Waals surface area contributed by atoms with Crippen LogP contribution in [0.25, 0.3) is 0 Å². The molecule has 21 heavy (non-hydrogen) atoms. The van der Waals surface area contributed by atoms with Crippen molar-refractivity contribution in [3.05, 3.63) is 35.9 Å². The first-order valence-corrected chi connectivity index (χ1v) is 7.42. The second kappa shape index (κ2) is 10.2. The Morgan fingerprint density at radius 1 is 1.14 bits per heavy atom. The van der Waals surface area contributed by atoms with E-state index in [1.54, 1.807) is 0 Å². The predicted molar refractivity (Wildman–Crippen MR) is 81.4 cm³/mol. The highest BCUT2D eigenvalue weighted by atomic mass is 16.7. The Morgan fingerprint density at radius 2 is 1.76 bits per heavy atom. The van der Waals surface area contributed by atoms with Crippen molar-refractivity contribution in [1.29, 1.82) is 0 Å². The van der Waals surface area contributed by atoms with Gasteiger partial charge in [0.05, 0.1) is 0 Å². The van der Waals surface area contributed by atoms with Crippen molar-refractivity contribution < 1.29 is 19.4 Å². The summed E-state index contributed by atoms with van der Waals surface area (Å²) in [4.78, 5) is 12.7. The Kier molecular flexibility index (Phi) is 8.47. The van der Waals surface area contributed by atoms with Crippen LogP contribution in [0.1, 0.15) is 25.8 Å². The molecule has 0 unspecified atom stereocenters. The number of nitrogens with zero attached hydrogens (tertiary/aromatic N) is 1. The Hall–Kier alpha value is -1.59. The Labute approximate surface area is 126 Å². The highest BCUT2D eigenvalue weighted by molar-refractivity contribution is 5.64. The molecule has 0 aliphatic heterocycles. The molecule has 5 heteroatoms. The second-order valence-electron chi connectivity index (χ2n) is 4.63. The minimum Gasteiger partial charge on any atom is -0.465 e. The summed E-state index contributed by atoms with van der Waals surface area (Å²) < 4.78 is 10.9. The lowest BCUT2D eigenvalue weighted by atomic mass is 10.1. The third kappa shape index (κ3) is 7.11. The van der Waals surface area contributed by atoms with E-state index >= 15 is 0 Å². The molecule has 0 saturated carbocycles. The molecule has 0 saturated heterocycles. The maximum Gasteiger partial charge on any atom is 0.407 e. The standard InChI is InChI=1S/C16H25NO4/c1-3-20-15(21-4-2)11-13-17(16(18)19)12-10-14-8-6-5-7-9-14/h5-9,15H,3-4,10-13H2,1-2H3,(H,18,19). The molecule has 1 N–H and O–H groups in total. The molecule has 0 heterocycles. The number of ether oxygens (including phenoxy) is 2. The SMILES string of the molecule is CCOC(CCN(CCc1ccccc1)C(=O)O)OCC. The van der Waals surface area contributed by atoms with Gasteiger partial charge in [0, 0.05) is 32.7 Å². The van der Waals surface area contributed by atoms with Gasteiger partial charge in [-0.3, -0.25) is 0 Å². The van der Waals surface area contributed by atoms with E-state index < -0.39 is 6.09 Å². The van der Waals surface area contributed by atoms with E-state index in [1.165, 1.54) is 4.90 Å². The topological polar surface area (TPSA) is 59.0 Å². The quantitative estimate of drug-likeness (QED) is 0.674. The molecule has 0 aliphatic carbocycles. The molecule has 1 rings (SSSR count). The zero-order valence-corrected chi connectivity index (χ0v) is 12.8. The van der Waals surface area contributed by atoms with E-state index in [4.69, 9.17) is 9.47 Å². The lowest BCUT2D eigenvalue weighted by molar-refractivity contribution is -0.141. The minimum atomic E-state index is -0.905. The molecule has 0 spiro atoms. The van der Waals surface area contributed by atoms with Crippen LogP contribution in [-0.2, 0) is 15.9 Å². The fourth-order valence-electron chi connectivity index (χ4n) is 2.06. The van der Waals surface area contributed by atoms with Crippen LogP contribution in [0.5, 0.6) is 0 Å². The lowest BCUT2D eigenvalue weighted by Crippen LogP contribution is -2.35. The third-order valence-electron chi connectivity index (χ3n) is 3.12. The molecule has 5 nitrogen and oxygen atoms in total. The molecule has 0 radical (unpaired) electrons. The average Bonchev–Trinajstić information content (AvgIpc) is 2.48. The van der Waals surface area contributed by atoms with Gasteiger partial charge in [-0.15, -0.1) is 0 Å². The molecule has 0 aliphatic rings. The molecule has 1 amide bonds. The molecule has 1 aromatic carbocycles. The molecule has 0 bridgehead atoms. The largest absolute Gasteiger partial charge is 0.465 e. The van der Waals surface area contributed by atoms with Crippen molar-refractivity contribution in [2.75, 3.05) is 26.3 Å². The summed E-state index contributed by atoms with van der Waals surface area (Å²) in [7, 11) is 0. The summed E-state index contributed by atoms with van der Waals surface area (Å²) in [5.41, 5.74) is 1.13. The first kappa shape index (κ1) is 17.5. The van der Waals surface area contributed by atoms with Crippen LogP contribution in [-0.4, -0.2) is 48.7 Å². The molecule has 1 aromatic rings. The van der Waals surface area contributed by atoms with E-state index in [2.05, 4.69) is 0 Å². The zero-order valence-electron chi connectivity index (χ0n) is 12.8. The van der Waals surface area contributed by atoms with Crippen LogP contribution < -0.4 is 0 Å². The van der Waals surface area contributed by atoms with Crippen molar-refractivity contribution in [1.82, 2.24) is 4.90 Å². The minimum absolute atomic E-state index is 0.335. The smallest absolute Gasteiger partial charge is 0.407 e. The van der Waals surface area contributed by atoms with Gasteiger partial charge in [0.1, 0.15) is 0 Å². The highest BCUT2D eigenvalue weighted by Crippen LogP contribution is 2.06. The summed E-state index contributed by atoms with van der Waals surface area (Å²) in [6.45, 7) is 5.80. The number of benzene rings is 1. The molecule has 0 atom stereocenters. The number of hydrogen-bond donors (Lipinski definition) is 1. The Balaban J connectivity index is 2.43. The van der Waals surface area contributed by atoms with E-state index in [1.807, 2.05) is 44.2 Å².